The molecule has 2 aliphatic heterocycles. The maximum absolute atomic E-state index is 12.4. The number of Topliss-reactive ketones (excluding diaryl/α,β-unsaturated/α-hetero) is 2. The van der Waals surface area contributed by atoms with Gasteiger partial charge in [0.15, 0.2) is 0 Å². The van der Waals surface area contributed by atoms with Crippen molar-refractivity contribution in [2.45, 2.75) is 122 Å². The van der Waals surface area contributed by atoms with Crippen LogP contribution in [0.2, 0.25) is 0 Å². The molecule has 0 aliphatic carbocycles. The van der Waals surface area contributed by atoms with Crippen LogP contribution >= 0.6 is 0 Å². The first-order valence-electron chi connectivity index (χ1n) is 9.82. The van der Waals surface area contributed by atoms with E-state index in [0.29, 0.717) is 25.7 Å². The molecule has 2 rings (SSSR count). The Kier molecular flexibility index (Phi) is 5.29. The lowest BCUT2D eigenvalue weighted by molar-refractivity contribution is -0.204. The summed E-state index contributed by atoms with van der Waals surface area (Å²) >= 11 is 0. The fraction of sp³-hybridized carbons (Fsp3) is 0.905. The third kappa shape index (κ3) is 3.76. The number of aliphatic hydroxyl groups excluding tert-OH is 1. The highest BCUT2D eigenvalue weighted by atomic mass is 16.3. The van der Waals surface area contributed by atoms with Crippen LogP contribution < -0.4 is 0 Å². The van der Waals surface area contributed by atoms with Crippen molar-refractivity contribution in [3.63, 3.8) is 0 Å². The molecule has 26 heavy (non-hydrogen) atoms. The van der Waals surface area contributed by atoms with E-state index in [1.807, 2.05) is 6.92 Å². The Bertz CT molecular complexity index is 502. The van der Waals surface area contributed by atoms with Gasteiger partial charge < -0.3 is 5.11 Å². The quantitative estimate of drug-likeness (QED) is 0.831. The summed E-state index contributed by atoms with van der Waals surface area (Å²) in [7, 11) is 0. The van der Waals surface area contributed by atoms with Gasteiger partial charge in [-0.05, 0) is 62.3 Å². The topological polar surface area (TPSA) is 60.9 Å². The molecule has 1 N–H and O–H groups in total. The third-order valence-electron chi connectivity index (χ3n) is 6.09. The average molecular weight is 367 g/mol. The molecule has 1 unspecified atom stereocenters. The molecule has 0 radical (unpaired) electrons. The number of hydrogen-bond donors (Lipinski definition) is 1. The maximum Gasteiger partial charge on any atom is 0.136 e. The molecule has 0 amide bonds. The first-order chi connectivity index (χ1) is 11.5. The Morgan fingerprint density at radius 3 is 1.12 bits per heavy atom. The van der Waals surface area contributed by atoms with Crippen LogP contribution in [0.25, 0.3) is 0 Å². The van der Waals surface area contributed by atoms with Crippen LogP contribution in [0.5, 0.6) is 0 Å². The van der Waals surface area contributed by atoms with Crippen molar-refractivity contribution in [3.05, 3.63) is 0 Å². The molecule has 0 aromatic carbocycles. The van der Waals surface area contributed by atoms with Crippen LogP contribution in [0.1, 0.15) is 88.0 Å². The van der Waals surface area contributed by atoms with Gasteiger partial charge in [-0.25, -0.2) is 0 Å². The number of carbonyl (C=O) groups is 2. The zero-order chi connectivity index (χ0) is 20.3. The monoisotopic (exact) mass is 366 g/mol. The van der Waals surface area contributed by atoms with Gasteiger partial charge in [-0.3, -0.25) is 19.4 Å². The van der Waals surface area contributed by atoms with Gasteiger partial charge in [0.1, 0.15) is 11.6 Å². The minimum Gasteiger partial charge on any atom is -0.390 e. The van der Waals surface area contributed by atoms with E-state index < -0.39 is 6.10 Å². The summed E-state index contributed by atoms with van der Waals surface area (Å²) in [5.41, 5.74) is -1.47. The van der Waals surface area contributed by atoms with E-state index in [4.69, 9.17) is 0 Å². The second-order valence-corrected chi connectivity index (χ2v) is 10.9. The average Bonchev–Trinajstić information content (AvgIpc) is 2.29. The van der Waals surface area contributed by atoms with Crippen LogP contribution in [0, 0.1) is 0 Å². The number of likely N-dealkylation sites (tertiary alicyclic amines) is 2. The first kappa shape index (κ1) is 21.5. The molecule has 150 valence electrons. The SMILES string of the molecule is CC(O)C(N1C(C)(C)CC(=O)CC1(C)C)N1C(C)(C)CC(=O)CC1(C)C. The zero-order valence-corrected chi connectivity index (χ0v) is 18.1. The second kappa shape index (κ2) is 6.39. The summed E-state index contributed by atoms with van der Waals surface area (Å²) in [6.07, 6.45) is 1.03. The van der Waals surface area contributed by atoms with Gasteiger partial charge in [-0.15, -0.1) is 0 Å². The van der Waals surface area contributed by atoms with Crippen LogP contribution in [0.3, 0.4) is 0 Å². The fourth-order valence-corrected chi connectivity index (χ4v) is 6.01. The number of aliphatic hydroxyl groups is 1. The second-order valence-electron chi connectivity index (χ2n) is 10.9. The Labute approximate surface area is 159 Å². The van der Waals surface area contributed by atoms with Crippen molar-refractivity contribution in [2.24, 2.45) is 0 Å². The highest BCUT2D eigenvalue weighted by Gasteiger charge is 2.56. The van der Waals surface area contributed by atoms with Crippen molar-refractivity contribution in [2.75, 3.05) is 0 Å². The summed E-state index contributed by atoms with van der Waals surface area (Å²) in [5.74, 6) is 0.542. The van der Waals surface area contributed by atoms with Gasteiger partial charge in [0, 0.05) is 47.8 Å². The predicted molar refractivity (Wildman–Crippen MR) is 104 cm³/mol. The predicted octanol–water partition coefficient (Wildman–Crippen LogP) is 3.14. The lowest BCUT2D eigenvalue weighted by Gasteiger charge is -2.64. The minimum absolute atomic E-state index is 0.271. The van der Waals surface area contributed by atoms with E-state index in [9.17, 15) is 14.7 Å². The number of hydrogen-bond acceptors (Lipinski definition) is 5. The molecular formula is C21H38N2O3. The molecule has 0 aromatic rings. The molecule has 0 bridgehead atoms. The Morgan fingerprint density at radius 1 is 0.692 bits per heavy atom. The Hall–Kier alpha value is -0.780. The molecule has 0 spiro atoms. The van der Waals surface area contributed by atoms with Gasteiger partial charge in [0.2, 0.25) is 0 Å². The molecule has 5 heteroatoms. The van der Waals surface area contributed by atoms with Crippen molar-refractivity contribution >= 4 is 11.6 Å². The van der Waals surface area contributed by atoms with E-state index in [2.05, 4.69) is 65.2 Å². The van der Waals surface area contributed by atoms with Crippen LogP contribution in [-0.4, -0.2) is 60.9 Å². The zero-order valence-electron chi connectivity index (χ0n) is 18.1. The molecule has 2 aliphatic rings. The summed E-state index contributed by atoms with van der Waals surface area (Å²) in [5, 5.41) is 10.9. The van der Waals surface area contributed by atoms with E-state index in [0.717, 1.165) is 0 Å². The highest BCUT2D eigenvalue weighted by Crippen LogP contribution is 2.46. The number of ketones is 2. The maximum atomic E-state index is 12.4. The van der Waals surface area contributed by atoms with E-state index in [1.165, 1.54) is 0 Å². The van der Waals surface area contributed by atoms with Gasteiger partial charge >= 0.3 is 0 Å². The molecule has 1 atom stereocenters. The van der Waals surface area contributed by atoms with Crippen LogP contribution in [-0.2, 0) is 9.59 Å². The van der Waals surface area contributed by atoms with Gasteiger partial charge in [-0.1, -0.05) is 0 Å². The van der Waals surface area contributed by atoms with Crippen molar-refractivity contribution < 1.29 is 14.7 Å². The molecule has 5 nitrogen and oxygen atoms in total. The number of rotatable bonds is 3. The normalized spacial score (nSPS) is 29.8. The minimum atomic E-state index is -0.617. The van der Waals surface area contributed by atoms with Gasteiger partial charge in [0.25, 0.3) is 0 Å². The molecule has 2 heterocycles. The Morgan fingerprint density at radius 2 is 0.923 bits per heavy atom. The lowest BCUT2D eigenvalue weighted by Crippen LogP contribution is -2.76. The van der Waals surface area contributed by atoms with Crippen molar-refractivity contribution in [1.29, 1.82) is 0 Å². The summed E-state index contributed by atoms with van der Waals surface area (Å²) < 4.78 is 0. The smallest absolute Gasteiger partial charge is 0.136 e. The standard InChI is InChI=1S/C21H38N2O3/c1-14(24)17(22-18(2,3)10-15(25)11-19(22,4)5)23-20(6,7)12-16(26)13-21(23,8)9/h14,17,24H,10-13H2,1-9H3. The largest absolute Gasteiger partial charge is 0.390 e. The summed E-state index contributed by atoms with van der Waals surface area (Å²) in [4.78, 5) is 29.4. The van der Waals surface area contributed by atoms with E-state index in [1.54, 1.807) is 0 Å². The Balaban J connectivity index is 2.60. The van der Waals surface area contributed by atoms with Crippen molar-refractivity contribution in [3.8, 4) is 0 Å². The van der Waals surface area contributed by atoms with E-state index in [-0.39, 0.29) is 39.9 Å². The molecule has 2 saturated heterocycles. The van der Waals surface area contributed by atoms with Crippen LogP contribution in [0.4, 0.5) is 0 Å². The van der Waals surface area contributed by atoms with Crippen LogP contribution in [0.15, 0.2) is 0 Å². The molecule has 2 fully saturated rings. The number of nitrogens with zero attached hydrogens (tertiary/aromatic N) is 2. The highest BCUT2D eigenvalue weighted by molar-refractivity contribution is 5.82. The summed E-state index contributed by atoms with van der Waals surface area (Å²) in [6.45, 7) is 18.6. The first-order valence-corrected chi connectivity index (χ1v) is 9.82. The lowest BCUT2D eigenvalue weighted by atomic mass is 9.74. The van der Waals surface area contributed by atoms with Gasteiger partial charge in [-0.2, -0.15) is 0 Å². The van der Waals surface area contributed by atoms with E-state index >= 15 is 0 Å². The number of piperidine rings is 2. The molecule has 0 saturated carbocycles. The fourth-order valence-electron chi connectivity index (χ4n) is 6.01. The number of carbonyl (C=O) groups excluding carboxylic acids is 2. The van der Waals surface area contributed by atoms with Crippen molar-refractivity contribution in [1.82, 2.24) is 9.80 Å². The van der Waals surface area contributed by atoms with Gasteiger partial charge in [0.05, 0.1) is 12.3 Å². The molecule has 0 aromatic heterocycles. The summed E-state index contributed by atoms with van der Waals surface area (Å²) in [6, 6.07) is 0. The molecular weight excluding hydrogens is 328 g/mol. The third-order valence-corrected chi connectivity index (χ3v) is 6.09.